The molecule has 2 heterocycles. The Labute approximate surface area is 148 Å². The van der Waals surface area contributed by atoms with Gasteiger partial charge in [0.2, 0.25) is 0 Å². The topological polar surface area (TPSA) is 53.7 Å². The van der Waals surface area contributed by atoms with E-state index < -0.39 is 0 Å². The van der Waals surface area contributed by atoms with Crippen molar-refractivity contribution >= 4 is 11.0 Å². The number of likely N-dealkylation sites (tertiary alicyclic amines) is 1. The Morgan fingerprint density at radius 2 is 2.04 bits per heavy atom. The quantitative estimate of drug-likeness (QED) is 0.832. The smallest absolute Gasteiger partial charge is 0.336 e. The average Bonchev–Trinajstić information content (AvgIpc) is 2.70. The first-order chi connectivity index (χ1) is 11.7. The molecular weight excluding hydrogens is 314 g/mol. The van der Waals surface area contributed by atoms with Crippen molar-refractivity contribution in [3.8, 4) is 5.75 Å². The summed E-state index contributed by atoms with van der Waals surface area (Å²) in [6.07, 6.45) is 3.63. The van der Waals surface area contributed by atoms with Crippen LogP contribution in [-0.2, 0) is 6.54 Å². The summed E-state index contributed by atoms with van der Waals surface area (Å²) in [5.41, 5.74) is 2.51. The van der Waals surface area contributed by atoms with Gasteiger partial charge in [-0.3, -0.25) is 4.90 Å². The zero-order valence-corrected chi connectivity index (χ0v) is 15.6. The van der Waals surface area contributed by atoms with Crippen molar-refractivity contribution in [2.45, 2.75) is 59.5 Å². The summed E-state index contributed by atoms with van der Waals surface area (Å²) >= 11 is 0. The molecule has 25 heavy (non-hydrogen) atoms. The van der Waals surface area contributed by atoms with Crippen molar-refractivity contribution in [1.82, 2.24) is 4.90 Å². The lowest BCUT2D eigenvalue weighted by Gasteiger charge is -2.40. The third-order valence-corrected chi connectivity index (χ3v) is 6.08. The van der Waals surface area contributed by atoms with Gasteiger partial charge in [-0.25, -0.2) is 4.79 Å². The molecule has 2 atom stereocenters. The molecule has 134 valence electrons. The second-order valence-electron chi connectivity index (χ2n) is 9.31. The van der Waals surface area contributed by atoms with Crippen molar-refractivity contribution in [2.75, 3.05) is 6.54 Å². The zero-order chi connectivity index (χ0) is 18.0. The van der Waals surface area contributed by atoms with Crippen LogP contribution in [0.1, 0.15) is 51.2 Å². The Kier molecular flexibility index (Phi) is 3.56. The van der Waals surface area contributed by atoms with Gasteiger partial charge in [-0.2, -0.15) is 0 Å². The zero-order valence-electron chi connectivity index (χ0n) is 15.6. The number of nitrogens with zero attached hydrogens (tertiary/aromatic N) is 1. The fraction of sp³-hybridized carbons (Fsp3) is 0.571. The Balaban J connectivity index is 1.75. The molecule has 0 spiro atoms. The molecule has 4 rings (SSSR count). The van der Waals surface area contributed by atoms with Gasteiger partial charge in [0.25, 0.3) is 0 Å². The van der Waals surface area contributed by atoms with Gasteiger partial charge in [0.15, 0.2) is 0 Å². The molecule has 2 fully saturated rings. The van der Waals surface area contributed by atoms with Crippen LogP contribution in [0.5, 0.6) is 5.75 Å². The monoisotopic (exact) mass is 341 g/mol. The van der Waals surface area contributed by atoms with Crippen molar-refractivity contribution in [3.63, 3.8) is 0 Å². The van der Waals surface area contributed by atoms with E-state index in [1.54, 1.807) is 6.07 Å². The van der Waals surface area contributed by atoms with Gasteiger partial charge in [0.05, 0.1) is 5.56 Å². The highest BCUT2D eigenvalue weighted by Gasteiger charge is 2.49. The van der Waals surface area contributed by atoms with Crippen molar-refractivity contribution < 1.29 is 9.52 Å². The molecule has 0 amide bonds. The lowest BCUT2D eigenvalue weighted by atomic mass is 9.65. The lowest BCUT2D eigenvalue weighted by molar-refractivity contribution is 0.126. The van der Waals surface area contributed by atoms with Crippen LogP contribution >= 0.6 is 0 Å². The minimum absolute atomic E-state index is 0.215. The van der Waals surface area contributed by atoms with Gasteiger partial charge in [-0.15, -0.1) is 0 Å². The highest BCUT2D eigenvalue weighted by Crippen LogP contribution is 2.53. The first-order valence-electron chi connectivity index (χ1n) is 9.15. The van der Waals surface area contributed by atoms with E-state index in [-0.39, 0.29) is 11.4 Å². The van der Waals surface area contributed by atoms with E-state index in [0.717, 1.165) is 23.1 Å². The molecule has 1 saturated heterocycles. The summed E-state index contributed by atoms with van der Waals surface area (Å²) in [5, 5.41) is 11.4. The number of aromatic hydroxyl groups is 1. The van der Waals surface area contributed by atoms with E-state index >= 15 is 0 Å². The fourth-order valence-corrected chi connectivity index (χ4v) is 5.55. The van der Waals surface area contributed by atoms with E-state index in [0.29, 0.717) is 29.0 Å². The maximum Gasteiger partial charge on any atom is 0.336 e. The molecule has 4 nitrogen and oxygen atoms in total. The van der Waals surface area contributed by atoms with Crippen molar-refractivity contribution in [1.29, 1.82) is 0 Å². The van der Waals surface area contributed by atoms with Crippen molar-refractivity contribution in [2.24, 2.45) is 10.8 Å². The molecule has 1 N–H and O–H groups in total. The predicted octanol–water partition coefficient (Wildman–Crippen LogP) is 4.21. The Bertz CT molecular complexity index is 898. The maximum absolute atomic E-state index is 11.9. The highest BCUT2D eigenvalue weighted by molar-refractivity contribution is 5.84. The van der Waals surface area contributed by atoms with Gasteiger partial charge in [-0.1, -0.05) is 20.8 Å². The molecular formula is C21H27NO3. The normalized spacial score (nSPS) is 28.6. The van der Waals surface area contributed by atoms with Crippen LogP contribution in [-0.4, -0.2) is 22.6 Å². The molecule has 2 aromatic rings. The summed E-state index contributed by atoms with van der Waals surface area (Å²) in [6.45, 7) is 10.7. The van der Waals surface area contributed by atoms with Crippen LogP contribution in [0.25, 0.3) is 11.0 Å². The summed E-state index contributed by atoms with van der Waals surface area (Å²) in [6, 6.07) is 5.59. The standard InChI is InChI=1S/C21H27NO3/c1-13-7-18(24)25-19-15(13)5-6-17(23)16(19)10-22-12-21(4)9-14(22)8-20(2,3)11-21/h5-7,14,23H,8-12H2,1-4H3/t14-,21+/m0/s1. The third kappa shape index (κ3) is 2.86. The highest BCUT2D eigenvalue weighted by atomic mass is 16.4. The van der Waals surface area contributed by atoms with E-state index in [1.807, 2.05) is 13.0 Å². The Morgan fingerprint density at radius 3 is 2.80 bits per heavy atom. The number of phenolic OH excluding ortho intramolecular Hbond substituents is 1. The van der Waals surface area contributed by atoms with Crippen molar-refractivity contribution in [3.05, 3.63) is 39.7 Å². The maximum atomic E-state index is 11.9. The van der Waals surface area contributed by atoms with Gasteiger partial charge in [0, 0.05) is 30.6 Å². The Morgan fingerprint density at radius 1 is 1.28 bits per heavy atom. The average molecular weight is 341 g/mol. The Hall–Kier alpha value is -1.81. The van der Waals surface area contributed by atoms with Gasteiger partial charge < -0.3 is 9.52 Å². The summed E-state index contributed by atoms with van der Waals surface area (Å²) in [4.78, 5) is 14.3. The fourth-order valence-electron chi connectivity index (χ4n) is 5.55. The first-order valence-corrected chi connectivity index (χ1v) is 9.15. The van der Waals surface area contributed by atoms with E-state index in [4.69, 9.17) is 4.42 Å². The van der Waals surface area contributed by atoms with Gasteiger partial charge in [-0.05, 0) is 54.7 Å². The molecule has 4 heteroatoms. The largest absolute Gasteiger partial charge is 0.507 e. The number of benzene rings is 1. The van der Waals surface area contributed by atoms with E-state index in [2.05, 4.69) is 25.7 Å². The first kappa shape index (κ1) is 16.6. The SMILES string of the molecule is Cc1cc(=O)oc2c(CN3C[C@]4(C)C[C@@H]3CC(C)(C)C4)c(O)ccc12. The minimum Gasteiger partial charge on any atom is -0.507 e. The molecule has 2 bridgehead atoms. The summed E-state index contributed by atoms with van der Waals surface area (Å²) in [7, 11) is 0. The van der Waals surface area contributed by atoms with Gasteiger partial charge >= 0.3 is 5.63 Å². The molecule has 1 aliphatic carbocycles. The van der Waals surface area contributed by atoms with Crippen LogP contribution in [0.2, 0.25) is 0 Å². The molecule has 1 saturated carbocycles. The number of hydrogen-bond acceptors (Lipinski definition) is 4. The predicted molar refractivity (Wildman–Crippen MR) is 98.8 cm³/mol. The third-order valence-electron chi connectivity index (χ3n) is 6.08. The molecule has 2 aliphatic rings. The van der Waals surface area contributed by atoms with Crippen LogP contribution < -0.4 is 5.63 Å². The van der Waals surface area contributed by atoms with Crippen LogP contribution in [0, 0.1) is 17.8 Å². The minimum atomic E-state index is -0.356. The van der Waals surface area contributed by atoms with E-state index in [9.17, 15) is 9.90 Å². The van der Waals surface area contributed by atoms with Crippen LogP contribution in [0.3, 0.4) is 0 Å². The summed E-state index contributed by atoms with van der Waals surface area (Å²) in [5.74, 6) is 0.215. The molecule has 1 aliphatic heterocycles. The number of rotatable bonds is 2. The number of fused-ring (bicyclic) bond motifs is 3. The second kappa shape index (κ2) is 5.34. The van der Waals surface area contributed by atoms with Crippen LogP contribution in [0.4, 0.5) is 0 Å². The molecule has 1 aromatic heterocycles. The number of aryl methyl sites for hydroxylation is 1. The lowest BCUT2D eigenvalue weighted by Crippen LogP contribution is -2.34. The van der Waals surface area contributed by atoms with Crippen LogP contribution in [0.15, 0.2) is 27.4 Å². The van der Waals surface area contributed by atoms with Gasteiger partial charge in [0.1, 0.15) is 11.3 Å². The summed E-state index contributed by atoms with van der Waals surface area (Å²) < 4.78 is 5.50. The number of hydrogen-bond donors (Lipinski definition) is 1. The molecule has 0 unspecified atom stereocenters. The molecule has 0 radical (unpaired) electrons. The van der Waals surface area contributed by atoms with E-state index in [1.165, 1.54) is 25.3 Å². The molecule has 1 aromatic carbocycles. The second-order valence-corrected chi connectivity index (χ2v) is 9.31. The number of phenols is 1.